The van der Waals surface area contributed by atoms with Gasteiger partial charge in [0.1, 0.15) is 0 Å². The van der Waals surface area contributed by atoms with Crippen LogP contribution < -0.4 is 0 Å². The van der Waals surface area contributed by atoms with E-state index in [9.17, 15) is 4.79 Å². The predicted octanol–water partition coefficient (Wildman–Crippen LogP) is 0.846. The Morgan fingerprint density at radius 3 is 2.92 bits per heavy atom. The summed E-state index contributed by atoms with van der Waals surface area (Å²) in [5.41, 5.74) is 0. The summed E-state index contributed by atoms with van der Waals surface area (Å²) >= 11 is 5.50. The van der Waals surface area contributed by atoms with Gasteiger partial charge in [0, 0.05) is 37.9 Å². The molecule has 4 heteroatoms. The normalized spacial score (nSPS) is 22.3. The van der Waals surface area contributed by atoms with Gasteiger partial charge < -0.3 is 10.0 Å². The number of hydrogen-bond donors (Lipinski definition) is 1. The maximum atomic E-state index is 11.5. The molecule has 1 heterocycles. The molecular formula is C9H16ClNO2. The molecule has 1 aliphatic rings. The summed E-state index contributed by atoms with van der Waals surface area (Å²) < 4.78 is 0. The number of carbonyl (C=O) groups excluding carboxylic acids is 1. The van der Waals surface area contributed by atoms with E-state index in [0.29, 0.717) is 18.2 Å². The van der Waals surface area contributed by atoms with Gasteiger partial charge in [0.15, 0.2) is 0 Å². The van der Waals surface area contributed by atoms with E-state index >= 15 is 0 Å². The van der Waals surface area contributed by atoms with E-state index in [2.05, 4.69) is 0 Å². The van der Waals surface area contributed by atoms with Crippen LogP contribution in [0.4, 0.5) is 0 Å². The SMILES string of the molecule is O=C(CCCCl)N1CCC(CO)C1. The monoisotopic (exact) mass is 205 g/mol. The van der Waals surface area contributed by atoms with E-state index in [1.807, 2.05) is 4.90 Å². The fourth-order valence-electron chi connectivity index (χ4n) is 1.58. The van der Waals surface area contributed by atoms with Crippen molar-refractivity contribution in [3.8, 4) is 0 Å². The van der Waals surface area contributed by atoms with Gasteiger partial charge >= 0.3 is 0 Å². The van der Waals surface area contributed by atoms with Crippen LogP contribution in [0.2, 0.25) is 0 Å². The average molecular weight is 206 g/mol. The lowest BCUT2D eigenvalue weighted by Crippen LogP contribution is -2.28. The van der Waals surface area contributed by atoms with E-state index in [4.69, 9.17) is 16.7 Å². The zero-order chi connectivity index (χ0) is 9.68. The van der Waals surface area contributed by atoms with Crippen LogP contribution in [-0.4, -0.2) is 41.5 Å². The molecular weight excluding hydrogens is 190 g/mol. The molecule has 0 spiro atoms. The second-order valence-corrected chi connectivity index (χ2v) is 3.85. The van der Waals surface area contributed by atoms with E-state index in [1.165, 1.54) is 0 Å². The standard InChI is InChI=1S/C9H16ClNO2/c10-4-1-2-9(13)11-5-3-8(6-11)7-12/h8,12H,1-7H2. The topological polar surface area (TPSA) is 40.5 Å². The number of likely N-dealkylation sites (tertiary alicyclic amines) is 1. The lowest BCUT2D eigenvalue weighted by molar-refractivity contribution is -0.130. The van der Waals surface area contributed by atoms with Crippen LogP contribution in [0, 0.1) is 5.92 Å². The molecule has 1 unspecified atom stereocenters. The quantitative estimate of drug-likeness (QED) is 0.692. The molecule has 0 aromatic rings. The van der Waals surface area contributed by atoms with Crippen LogP contribution in [0.15, 0.2) is 0 Å². The van der Waals surface area contributed by atoms with Gasteiger partial charge in [0.05, 0.1) is 0 Å². The van der Waals surface area contributed by atoms with Crippen LogP contribution in [-0.2, 0) is 4.79 Å². The summed E-state index contributed by atoms with van der Waals surface area (Å²) in [5, 5.41) is 8.88. The summed E-state index contributed by atoms with van der Waals surface area (Å²) in [7, 11) is 0. The highest BCUT2D eigenvalue weighted by atomic mass is 35.5. The minimum atomic E-state index is 0.177. The van der Waals surface area contributed by atoms with Gasteiger partial charge in [0.25, 0.3) is 0 Å². The number of nitrogens with zero attached hydrogens (tertiary/aromatic N) is 1. The van der Waals surface area contributed by atoms with Gasteiger partial charge in [-0.05, 0) is 12.8 Å². The fraction of sp³-hybridized carbons (Fsp3) is 0.889. The lowest BCUT2D eigenvalue weighted by atomic mass is 10.1. The highest BCUT2D eigenvalue weighted by Crippen LogP contribution is 2.16. The molecule has 1 N–H and O–H groups in total. The van der Waals surface area contributed by atoms with Crippen molar-refractivity contribution < 1.29 is 9.90 Å². The zero-order valence-corrected chi connectivity index (χ0v) is 8.46. The van der Waals surface area contributed by atoms with Crippen molar-refractivity contribution >= 4 is 17.5 Å². The summed E-state index contributed by atoms with van der Waals surface area (Å²) in [5.74, 6) is 1.01. The van der Waals surface area contributed by atoms with Gasteiger partial charge in [0.2, 0.25) is 5.91 Å². The smallest absolute Gasteiger partial charge is 0.222 e. The Bertz CT molecular complexity index is 175. The first kappa shape index (κ1) is 10.8. The number of carbonyl (C=O) groups is 1. The molecule has 1 fully saturated rings. The van der Waals surface area contributed by atoms with Gasteiger partial charge in [-0.2, -0.15) is 0 Å². The number of rotatable bonds is 4. The minimum Gasteiger partial charge on any atom is -0.396 e. The number of amides is 1. The molecule has 1 amide bonds. The third-order valence-electron chi connectivity index (χ3n) is 2.42. The minimum absolute atomic E-state index is 0.177. The average Bonchev–Trinajstić information content (AvgIpc) is 2.62. The molecule has 0 aliphatic carbocycles. The predicted molar refractivity (Wildman–Crippen MR) is 51.7 cm³/mol. The first-order valence-electron chi connectivity index (χ1n) is 4.72. The number of halogens is 1. The first-order chi connectivity index (χ1) is 6.27. The summed E-state index contributed by atoms with van der Waals surface area (Å²) in [6.07, 6.45) is 2.23. The van der Waals surface area contributed by atoms with Gasteiger partial charge in [-0.15, -0.1) is 11.6 Å². The van der Waals surface area contributed by atoms with Crippen molar-refractivity contribution in [2.45, 2.75) is 19.3 Å². The van der Waals surface area contributed by atoms with Gasteiger partial charge in [-0.3, -0.25) is 4.79 Å². The maximum Gasteiger partial charge on any atom is 0.222 e. The summed E-state index contributed by atoms with van der Waals surface area (Å²) in [6.45, 7) is 1.71. The largest absolute Gasteiger partial charge is 0.396 e. The third kappa shape index (κ3) is 3.16. The Hall–Kier alpha value is -0.280. The van der Waals surface area contributed by atoms with Gasteiger partial charge in [-0.25, -0.2) is 0 Å². The Balaban J connectivity index is 2.25. The Morgan fingerprint density at radius 1 is 1.62 bits per heavy atom. The molecule has 1 atom stereocenters. The van der Waals surface area contributed by atoms with Crippen LogP contribution >= 0.6 is 11.6 Å². The fourth-order valence-corrected chi connectivity index (χ4v) is 1.72. The lowest BCUT2D eigenvalue weighted by Gasteiger charge is -2.15. The molecule has 0 aromatic heterocycles. The molecule has 1 saturated heterocycles. The van der Waals surface area contributed by atoms with E-state index in [1.54, 1.807) is 0 Å². The van der Waals surface area contributed by atoms with Crippen molar-refractivity contribution in [3.63, 3.8) is 0 Å². The van der Waals surface area contributed by atoms with E-state index < -0.39 is 0 Å². The Kier molecular flexibility index (Phi) is 4.53. The number of aliphatic hydroxyl groups is 1. The van der Waals surface area contributed by atoms with Gasteiger partial charge in [-0.1, -0.05) is 0 Å². The second-order valence-electron chi connectivity index (χ2n) is 3.47. The molecule has 3 nitrogen and oxygen atoms in total. The molecule has 0 saturated carbocycles. The van der Waals surface area contributed by atoms with Crippen LogP contribution in [0.5, 0.6) is 0 Å². The molecule has 76 valence electrons. The maximum absolute atomic E-state index is 11.5. The molecule has 1 rings (SSSR count). The molecule has 13 heavy (non-hydrogen) atoms. The van der Waals surface area contributed by atoms with E-state index in [-0.39, 0.29) is 12.5 Å². The summed E-state index contributed by atoms with van der Waals surface area (Å²) in [4.78, 5) is 13.3. The van der Waals surface area contributed by atoms with E-state index in [0.717, 1.165) is 25.9 Å². The number of alkyl halides is 1. The molecule has 0 bridgehead atoms. The number of aliphatic hydroxyl groups excluding tert-OH is 1. The van der Waals surface area contributed by atoms with Crippen molar-refractivity contribution in [3.05, 3.63) is 0 Å². The number of hydrogen-bond acceptors (Lipinski definition) is 2. The van der Waals surface area contributed by atoms with Crippen LogP contribution in [0.1, 0.15) is 19.3 Å². The van der Waals surface area contributed by atoms with Crippen LogP contribution in [0.25, 0.3) is 0 Å². The van der Waals surface area contributed by atoms with Crippen molar-refractivity contribution in [2.75, 3.05) is 25.6 Å². The summed E-state index contributed by atoms with van der Waals surface area (Å²) in [6, 6.07) is 0. The Morgan fingerprint density at radius 2 is 2.38 bits per heavy atom. The highest BCUT2D eigenvalue weighted by Gasteiger charge is 2.24. The first-order valence-corrected chi connectivity index (χ1v) is 5.26. The molecule has 0 aromatic carbocycles. The van der Waals surface area contributed by atoms with Crippen molar-refractivity contribution in [1.29, 1.82) is 0 Å². The van der Waals surface area contributed by atoms with Crippen LogP contribution in [0.3, 0.4) is 0 Å². The van der Waals surface area contributed by atoms with Crippen molar-refractivity contribution in [1.82, 2.24) is 4.90 Å². The molecule has 1 aliphatic heterocycles. The Labute approximate surface area is 83.7 Å². The third-order valence-corrected chi connectivity index (χ3v) is 2.69. The second kappa shape index (κ2) is 5.45. The van der Waals surface area contributed by atoms with Crippen molar-refractivity contribution in [2.24, 2.45) is 5.92 Å². The highest BCUT2D eigenvalue weighted by molar-refractivity contribution is 6.17. The zero-order valence-electron chi connectivity index (χ0n) is 7.71. The molecule has 0 radical (unpaired) electrons.